The second-order valence-electron chi connectivity index (χ2n) is 6.54. The number of ether oxygens (including phenoxy) is 1. The van der Waals surface area contributed by atoms with E-state index in [0.717, 1.165) is 5.56 Å². The molecule has 1 amide bonds. The average Bonchev–Trinajstić information content (AvgIpc) is 2.59. The number of rotatable bonds is 8. The molecule has 0 aliphatic rings. The molecule has 0 aliphatic heterocycles. The average molecular weight is 411 g/mol. The van der Waals surface area contributed by atoms with E-state index in [1.54, 1.807) is 6.07 Å². The fourth-order valence-electron chi connectivity index (χ4n) is 2.19. The van der Waals surface area contributed by atoms with E-state index in [4.69, 9.17) is 16.3 Å². The van der Waals surface area contributed by atoms with Crippen LogP contribution >= 0.6 is 11.6 Å². The van der Waals surface area contributed by atoms with Gasteiger partial charge in [0.15, 0.2) is 6.61 Å². The minimum absolute atomic E-state index is 0.0460. The molecule has 0 fully saturated rings. The van der Waals surface area contributed by atoms with Crippen LogP contribution in [-0.4, -0.2) is 27.5 Å². The molecule has 0 saturated heterocycles. The first-order valence-corrected chi connectivity index (χ1v) is 10.3. The van der Waals surface area contributed by atoms with E-state index in [2.05, 4.69) is 10.0 Å². The van der Waals surface area contributed by atoms with E-state index in [9.17, 15) is 13.2 Å². The Morgan fingerprint density at radius 1 is 1.19 bits per heavy atom. The lowest BCUT2D eigenvalue weighted by molar-refractivity contribution is -0.118. The number of aryl methyl sites for hydroxylation is 1. The van der Waals surface area contributed by atoms with E-state index in [1.807, 2.05) is 39.0 Å². The van der Waals surface area contributed by atoms with Gasteiger partial charge in [0.2, 0.25) is 10.0 Å². The van der Waals surface area contributed by atoms with E-state index in [-0.39, 0.29) is 34.1 Å². The van der Waals surface area contributed by atoms with Crippen molar-refractivity contribution in [3.05, 3.63) is 53.1 Å². The molecule has 2 N–H and O–H groups in total. The van der Waals surface area contributed by atoms with Crippen molar-refractivity contribution in [1.82, 2.24) is 4.72 Å². The standard InChI is InChI=1S/C19H23ClN2O4S/c1-13(2)11-21-27(24,25)16-7-8-18(17(20)10-16)26-12-19(23)22-15-6-4-5-14(3)9-15/h4-10,13,21H,11-12H2,1-3H3,(H,22,23). The molecule has 2 aromatic carbocycles. The second kappa shape index (κ2) is 9.21. The molecule has 0 unspecified atom stereocenters. The highest BCUT2D eigenvalue weighted by molar-refractivity contribution is 7.89. The normalized spacial score (nSPS) is 11.4. The number of nitrogens with one attached hydrogen (secondary N) is 2. The number of carbonyl (C=O) groups is 1. The maximum Gasteiger partial charge on any atom is 0.262 e. The van der Waals surface area contributed by atoms with Gasteiger partial charge < -0.3 is 10.1 Å². The summed E-state index contributed by atoms with van der Waals surface area (Å²) >= 11 is 6.11. The van der Waals surface area contributed by atoms with Gasteiger partial charge in [-0.25, -0.2) is 13.1 Å². The molecule has 2 aromatic rings. The zero-order chi connectivity index (χ0) is 20.0. The molecule has 0 atom stereocenters. The van der Waals surface area contributed by atoms with Crippen molar-refractivity contribution in [2.45, 2.75) is 25.7 Å². The van der Waals surface area contributed by atoms with Crippen molar-refractivity contribution < 1.29 is 17.9 Å². The number of benzene rings is 2. The molecule has 146 valence electrons. The van der Waals surface area contributed by atoms with Gasteiger partial charge in [-0.15, -0.1) is 0 Å². The number of halogens is 1. The van der Waals surface area contributed by atoms with E-state index >= 15 is 0 Å². The topological polar surface area (TPSA) is 84.5 Å². The zero-order valence-corrected chi connectivity index (χ0v) is 17.0. The summed E-state index contributed by atoms with van der Waals surface area (Å²) in [6, 6.07) is 11.5. The van der Waals surface area contributed by atoms with Gasteiger partial charge in [-0.3, -0.25) is 4.79 Å². The summed E-state index contributed by atoms with van der Waals surface area (Å²) in [5.41, 5.74) is 1.70. The first-order valence-electron chi connectivity index (χ1n) is 8.46. The summed E-state index contributed by atoms with van der Waals surface area (Å²) in [5.74, 6) is 0.0793. The number of hydrogen-bond acceptors (Lipinski definition) is 4. The second-order valence-corrected chi connectivity index (χ2v) is 8.72. The summed E-state index contributed by atoms with van der Waals surface area (Å²) in [4.78, 5) is 12.0. The monoisotopic (exact) mass is 410 g/mol. The fraction of sp³-hybridized carbons (Fsp3) is 0.316. The van der Waals surface area contributed by atoms with Gasteiger partial charge in [-0.2, -0.15) is 0 Å². The molecule has 8 heteroatoms. The highest BCUT2D eigenvalue weighted by Crippen LogP contribution is 2.27. The van der Waals surface area contributed by atoms with Crippen LogP contribution in [0.1, 0.15) is 19.4 Å². The largest absolute Gasteiger partial charge is 0.482 e. The van der Waals surface area contributed by atoms with Gasteiger partial charge >= 0.3 is 0 Å². The molecule has 2 rings (SSSR count). The van der Waals surface area contributed by atoms with Gasteiger partial charge in [0.25, 0.3) is 5.91 Å². The quantitative estimate of drug-likeness (QED) is 0.696. The van der Waals surface area contributed by atoms with Crippen molar-refractivity contribution in [3.63, 3.8) is 0 Å². The predicted octanol–water partition coefficient (Wildman–Crippen LogP) is 3.60. The molecular formula is C19H23ClN2O4S. The van der Waals surface area contributed by atoms with Crippen LogP contribution in [0.3, 0.4) is 0 Å². The third-order valence-electron chi connectivity index (χ3n) is 3.56. The van der Waals surface area contributed by atoms with E-state index < -0.39 is 10.0 Å². The number of sulfonamides is 1. The lowest BCUT2D eigenvalue weighted by Crippen LogP contribution is -2.27. The molecule has 0 aromatic heterocycles. The maximum absolute atomic E-state index is 12.2. The Morgan fingerprint density at radius 2 is 1.93 bits per heavy atom. The molecule has 0 heterocycles. The maximum atomic E-state index is 12.2. The van der Waals surface area contributed by atoms with Crippen LogP contribution < -0.4 is 14.8 Å². The molecule has 0 spiro atoms. The van der Waals surface area contributed by atoms with Crippen LogP contribution in [0, 0.1) is 12.8 Å². The van der Waals surface area contributed by atoms with Crippen LogP contribution in [0.5, 0.6) is 5.75 Å². The lowest BCUT2D eigenvalue weighted by atomic mass is 10.2. The Kier molecular flexibility index (Phi) is 7.24. The molecular weight excluding hydrogens is 388 g/mol. The summed E-state index contributed by atoms with van der Waals surface area (Å²) < 4.78 is 32.4. The number of hydrogen-bond donors (Lipinski definition) is 2. The highest BCUT2D eigenvalue weighted by Gasteiger charge is 2.16. The van der Waals surface area contributed by atoms with Gasteiger partial charge in [0, 0.05) is 12.2 Å². The fourth-order valence-corrected chi connectivity index (χ4v) is 3.73. The SMILES string of the molecule is Cc1cccc(NC(=O)COc2ccc(S(=O)(=O)NCC(C)C)cc2Cl)c1. The van der Waals surface area contributed by atoms with Gasteiger partial charge in [0.05, 0.1) is 9.92 Å². The zero-order valence-electron chi connectivity index (χ0n) is 15.5. The number of amides is 1. The Labute approximate surface area is 164 Å². The van der Waals surface area contributed by atoms with Crippen LogP contribution in [0.4, 0.5) is 5.69 Å². The first-order chi connectivity index (χ1) is 12.7. The summed E-state index contributed by atoms with van der Waals surface area (Å²) in [5, 5.41) is 2.84. The molecule has 27 heavy (non-hydrogen) atoms. The smallest absolute Gasteiger partial charge is 0.262 e. The Bertz CT molecular complexity index is 914. The Balaban J connectivity index is 1.98. The predicted molar refractivity (Wildman–Crippen MR) is 107 cm³/mol. The summed E-state index contributed by atoms with van der Waals surface area (Å²) in [6.07, 6.45) is 0. The van der Waals surface area contributed by atoms with Crippen molar-refractivity contribution in [2.75, 3.05) is 18.5 Å². The molecule has 6 nitrogen and oxygen atoms in total. The van der Waals surface area contributed by atoms with E-state index in [1.165, 1.54) is 18.2 Å². The van der Waals surface area contributed by atoms with Gasteiger partial charge in [0.1, 0.15) is 5.75 Å². The van der Waals surface area contributed by atoms with Gasteiger partial charge in [-0.1, -0.05) is 37.6 Å². The molecule has 0 aliphatic carbocycles. The third kappa shape index (κ3) is 6.53. The van der Waals surface area contributed by atoms with Crippen LogP contribution in [0.25, 0.3) is 0 Å². The minimum Gasteiger partial charge on any atom is -0.482 e. The minimum atomic E-state index is -3.64. The molecule has 0 bridgehead atoms. The van der Waals surface area contributed by atoms with Crippen LogP contribution in [0.15, 0.2) is 47.4 Å². The van der Waals surface area contributed by atoms with Gasteiger partial charge in [-0.05, 0) is 48.7 Å². The number of carbonyl (C=O) groups excluding carboxylic acids is 1. The Hall–Kier alpha value is -2.09. The number of anilines is 1. The Morgan fingerprint density at radius 3 is 2.56 bits per heavy atom. The third-order valence-corrected chi connectivity index (χ3v) is 5.27. The van der Waals surface area contributed by atoms with Crippen molar-refractivity contribution in [1.29, 1.82) is 0 Å². The summed E-state index contributed by atoms with van der Waals surface area (Å²) in [7, 11) is -3.64. The van der Waals surface area contributed by atoms with Crippen molar-refractivity contribution in [3.8, 4) is 5.75 Å². The molecule has 0 saturated carbocycles. The highest BCUT2D eigenvalue weighted by atomic mass is 35.5. The van der Waals surface area contributed by atoms with Crippen LogP contribution in [-0.2, 0) is 14.8 Å². The first kappa shape index (κ1) is 21.2. The summed E-state index contributed by atoms with van der Waals surface area (Å²) in [6.45, 7) is 5.84. The molecule has 0 radical (unpaired) electrons. The van der Waals surface area contributed by atoms with Crippen molar-refractivity contribution in [2.24, 2.45) is 5.92 Å². The van der Waals surface area contributed by atoms with E-state index in [0.29, 0.717) is 12.2 Å². The lowest BCUT2D eigenvalue weighted by Gasteiger charge is -2.12. The van der Waals surface area contributed by atoms with Crippen LogP contribution in [0.2, 0.25) is 5.02 Å². The van der Waals surface area contributed by atoms with Crippen molar-refractivity contribution >= 4 is 33.2 Å².